The Hall–Kier alpha value is -3.31. The average Bonchev–Trinajstić information content (AvgIpc) is 2.83. The smallest absolute Gasteiger partial charge is 0.270 e. The zero-order chi connectivity index (χ0) is 24.7. The van der Waals surface area contributed by atoms with Gasteiger partial charge in [-0.2, -0.15) is 4.31 Å². The van der Waals surface area contributed by atoms with Crippen LogP contribution in [0.5, 0.6) is 0 Å². The zero-order valence-electron chi connectivity index (χ0n) is 18.9. The highest BCUT2D eigenvalue weighted by Crippen LogP contribution is 2.28. The minimum atomic E-state index is -3.91. The summed E-state index contributed by atoms with van der Waals surface area (Å²) >= 11 is 0. The summed E-state index contributed by atoms with van der Waals surface area (Å²) in [6, 6.07) is 13.3. The highest BCUT2D eigenvalue weighted by molar-refractivity contribution is 7.89. The largest absolute Gasteiger partial charge is 0.355 e. The van der Waals surface area contributed by atoms with Crippen molar-refractivity contribution >= 4 is 27.5 Å². The molecule has 10 nitrogen and oxygen atoms in total. The van der Waals surface area contributed by atoms with E-state index in [1.54, 1.807) is 6.92 Å². The first-order valence-electron chi connectivity index (χ1n) is 11.0. The third-order valence-corrected chi connectivity index (χ3v) is 7.85. The van der Waals surface area contributed by atoms with Crippen molar-refractivity contribution in [3.8, 4) is 0 Å². The van der Waals surface area contributed by atoms with Crippen LogP contribution in [0.1, 0.15) is 30.4 Å². The summed E-state index contributed by atoms with van der Waals surface area (Å²) in [6.45, 7) is 2.49. The molecule has 2 aromatic carbocycles. The van der Waals surface area contributed by atoms with Gasteiger partial charge in [0.2, 0.25) is 21.8 Å². The summed E-state index contributed by atoms with van der Waals surface area (Å²) in [5.41, 5.74) is 1.13. The third-order valence-electron chi connectivity index (χ3n) is 5.81. The number of hydrogen-bond acceptors (Lipinski definition) is 6. The van der Waals surface area contributed by atoms with E-state index >= 15 is 0 Å². The Labute approximate surface area is 198 Å². The van der Waals surface area contributed by atoms with Gasteiger partial charge < -0.3 is 10.6 Å². The second-order valence-corrected chi connectivity index (χ2v) is 10.1. The number of nitrogens with zero attached hydrogens (tertiary/aromatic N) is 2. The Morgan fingerprint density at radius 1 is 1.09 bits per heavy atom. The van der Waals surface area contributed by atoms with E-state index in [9.17, 15) is 28.1 Å². The van der Waals surface area contributed by atoms with Crippen LogP contribution in [-0.4, -0.2) is 49.1 Å². The summed E-state index contributed by atoms with van der Waals surface area (Å²) < 4.78 is 27.3. The molecule has 3 rings (SSSR count). The maximum atomic E-state index is 13.0. The van der Waals surface area contributed by atoms with Gasteiger partial charge >= 0.3 is 0 Å². The lowest BCUT2D eigenvalue weighted by Gasteiger charge is -2.30. The number of carbonyl (C=O) groups is 2. The van der Waals surface area contributed by atoms with E-state index in [-0.39, 0.29) is 54.4 Å². The fourth-order valence-electron chi connectivity index (χ4n) is 3.81. The number of non-ortho nitro benzene ring substituents is 1. The van der Waals surface area contributed by atoms with Crippen molar-refractivity contribution < 1.29 is 22.9 Å². The lowest BCUT2D eigenvalue weighted by molar-refractivity contribution is -0.385. The van der Waals surface area contributed by atoms with Crippen molar-refractivity contribution in [1.29, 1.82) is 0 Å². The Kier molecular flexibility index (Phi) is 8.35. The van der Waals surface area contributed by atoms with Crippen LogP contribution in [0, 0.1) is 23.0 Å². The number of nitro benzene ring substituents is 1. The number of piperidine rings is 1. The minimum Gasteiger partial charge on any atom is -0.355 e. The van der Waals surface area contributed by atoms with Gasteiger partial charge in [-0.25, -0.2) is 8.42 Å². The van der Waals surface area contributed by atoms with E-state index in [1.165, 1.54) is 16.4 Å². The van der Waals surface area contributed by atoms with Gasteiger partial charge in [-0.15, -0.1) is 0 Å². The fraction of sp³-hybridized carbons (Fsp3) is 0.391. The van der Waals surface area contributed by atoms with Crippen LogP contribution in [0.3, 0.4) is 0 Å². The molecule has 1 heterocycles. The number of aryl methyl sites for hydroxylation is 1. The molecule has 0 aliphatic carbocycles. The molecule has 0 radical (unpaired) electrons. The monoisotopic (exact) mass is 488 g/mol. The predicted octanol–water partition coefficient (Wildman–Crippen LogP) is 2.13. The molecule has 1 aliphatic rings. The van der Waals surface area contributed by atoms with Gasteiger partial charge in [-0.3, -0.25) is 19.7 Å². The second-order valence-electron chi connectivity index (χ2n) is 8.19. The highest BCUT2D eigenvalue weighted by atomic mass is 32.2. The minimum absolute atomic E-state index is 0.0916. The van der Waals surface area contributed by atoms with Crippen molar-refractivity contribution in [1.82, 2.24) is 14.9 Å². The third kappa shape index (κ3) is 6.39. The topological polar surface area (TPSA) is 139 Å². The van der Waals surface area contributed by atoms with Crippen LogP contribution >= 0.6 is 0 Å². The molecule has 182 valence electrons. The first-order chi connectivity index (χ1) is 16.2. The molecule has 1 saturated heterocycles. The van der Waals surface area contributed by atoms with Crippen molar-refractivity contribution in [3.63, 3.8) is 0 Å². The van der Waals surface area contributed by atoms with Gasteiger partial charge in [-0.05, 0) is 30.9 Å². The molecule has 1 aliphatic heterocycles. The molecule has 0 bridgehead atoms. The van der Waals surface area contributed by atoms with Crippen molar-refractivity contribution in [2.45, 2.75) is 37.6 Å². The number of sulfonamides is 1. The molecule has 2 N–H and O–H groups in total. The summed E-state index contributed by atoms with van der Waals surface area (Å²) in [6.07, 6.45) is 0.816. The molecule has 0 spiro atoms. The van der Waals surface area contributed by atoms with Crippen LogP contribution in [0.15, 0.2) is 53.4 Å². The van der Waals surface area contributed by atoms with Gasteiger partial charge in [0, 0.05) is 50.7 Å². The highest BCUT2D eigenvalue weighted by Gasteiger charge is 2.33. The van der Waals surface area contributed by atoms with Crippen LogP contribution in [0.25, 0.3) is 0 Å². The van der Waals surface area contributed by atoms with Gasteiger partial charge in [0.25, 0.3) is 5.69 Å². The predicted molar refractivity (Wildman–Crippen MR) is 125 cm³/mol. The molecule has 2 amide bonds. The summed E-state index contributed by atoms with van der Waals surface area (Å²) in [5.74, 6) is -0.734. The van der Waals surface area contributed by atoms with Gasteiger partial charge in [0.05, 0.1) is 9.82 Å². The summed E-state index contributed by atoms with van der Waals surface area (Å²) in [5, 5.41) is 16.6. The number of nitrogens with one attached hydrogen (secondary N) is 2. The molecule has 0 saturated carbocycles. The van der Waals surface area contributed by atoms with E-state index < -0.39 is 14.9 Å². The molecule has 34 heavy (non-hydrogen) atoms. The maximum absolute atomic E-state index is 13.0. The molecule has 0 aromatic heterocycles. The molecular formula is C23H28N4O6S. The molecule has 1 fully saturated rings. The van der Waals surface area contributed by atoms with Crippen molar-refractivity contribution in [2.75, 3.05) is 19.6 Å². The summed E-state index contributed by atoms with van der Waals surface area (Å²) in [4.78, 5) is 34.8. The maximum Gasteiger partial charge on any atom is 0.270 e. The molecular weight excluding hydrogens is 460 g/mol. The van der Waals surface area contributed by atoms with Crippen LogP contribution in [-0.2, 0) is 26.2 Å². The normalized spacial score (nSPS) is 15.0. The van der Waals surface area contributed by atoms with Crippen LogP contribution in [0.2, 0.25) is 0 Å². The van der Waals surface area contributed by atoms with Crippen molar-refractivity contribution in [2.24, 2.45) is 5.92 Å². The standard InChI is InChI=1S/C23H28N4O6S/c1-17-7-8-20(27(30)31)15-21(17)34(32,33)26-13-10-19(11-14-26)23(29)24-12-9-22(28)25-16-18-5-3-2-4-6-18/h2-8,15,19H,9-14,16H2,1H3,(H,24,29)(H,25,28). The van der Waals surface area contributed by atoms with Crippen LogP contribution < -0.4 is 10.6 Å². The fourth-order valence-corrected chi connectivity index (χ4v) is 5.52. The Balaban J connectivity index is 1.46. The first-order valence-corrected chi connectivity index (χ1v) is 12.5. The van der Waals surface area contributed by atoms with Gasteiger partial charge in [0.15, 0.2) is 0 Å². The number of nitro groups is 1. The molecule has 0 atom stereocenters. The van der Waals surface area contributed by atoms with Gasteiger partial charge in [-0.1, -0.05) is 36.4 Å². The lowest BCUT2D eigenvalue weighted by atomic mass is 9.97. The Morgan fingerprint density at radius 3 is 2.41 bits per heavy atom. The van der Waals surface area contributed by atoms with Crippen LogP contribution in [0.4, 0.5) is 5.69 Å². The molecule has 2 aromatic rings. The zero-order valence-corrected chi connectivity index (χ0v) is 19.7. The van der Waals surface area contributed by atoms with E-state index in [4.69, 9.17) is 0 Å². The van der Waals surface area contributed by atoms with E-state index in [2.05, 4.69) is 10.6 Å². The second kappa shape index (κ2) is 11.2. The first kappa shape index (κ1) is 25.3. The number of carbonyl (C=O) groups excluding carboxylic acids is 2. The molecule has 11 heteroatoms. The number of rotatable bonds is 9. The number of amides is 2. The summed E-state index contributed by atoms with van der Waals surface area (Å²) in [7, 11) is -3.91. The SMILES string of the molecule is Cc1ccc([N+](=O)[O-])cc1S(=O)(=O)N1CCC(C(=O)NCCC(=O)NCc2ccccc2)CC1. The van der Waals surface area contributed by atoms with E-state index in [0.717, 1.165) is 11.6 Å². The Bertz CT molecular complexity index is 1150. The lowest BCUT2D eigenvalue weighted by Crippen LogP contribution is -2.43. The van der Waals surface area contributed by atoms with E-state index in [1.807, 2.05) is 30.3 Å². The van der Waals surface area contributed by atoms with E-state index in [0.29, 0.717) is 24.9 Å². The van der Waals surface area contributed by atoms with Crippen molar-refractivity contribution in [3.05, 3.63) is 69.8 Å². The quantitative estimate of drug-likeness (QED) is 0.410. The average molecular weight is 489 g/mol. The Morgan fingerprint density at radius 2 is 1.76 bits per heavy atom. The molecule has 0 unspecified atom stereocenters. The van der Waals surface area contributed by atoms with Gasteiger partial charge in [0.1, 0.15) is 0 Å². The number of benzene rings is 2. The number of hydrogen-bond donors (Lipinski definition) is 2.